The maximum atomic E-state index is 9.70. The Labute approximate surface area is 122 Å². The Morgan fingerprint density at radius 1 is 0.789 bits per heavy atom. The van der Waals surface area contributed by atoms with Crippen LogP contribution in [0.2, 0.25) is 0 Å². The molecule has 1 atom stereocenters. The van der Waals surface area contributed by atoms with Crippen molar-refractivity contribution in [2.24, 2.45) is 0 Å². The summed E-state index contributed by atoms with van der Waals surface area (Å²) >= 11 is 0. The van der Waals surface area contributed by atoms with Gasteiger partial charge < -0.3 is 0 Å². The van der Waals surface area contributed by atoms with Crippen molar-refractivity contribution in [1.29, 1.82) is 0 Å². The number of hydrogen-bond donors (Lipinski definition) is 2. The number of hydrogen-bond acceptors (Lipinski definition) is 2. The molecule has 0 saturated carbocycles. The normalized spacial score (nSPS) is 19.5. The monoisotopic (exact) mass is 330 g/mol. The van der Waals surface area contributed by atoms with Crippen molar-refractivity contribution in [3.8, 4) is 0 Å². The molecule has 0 heterocycles. The van der Waals surface area contributed by atoms with Crippen molar-refractivity contribution in [1.82, 2.24) is 0 Å². The van der Waals surface area contributed by atoms with Crippen molar-refractivity contribution in [2.75, 3.05) is 59.5 Å². The molecule has 0 amide bonds. The first-order chi connectivity index (χ1) is 8.05. The summed E-state index contributed by atoms with van der Waals surface area (Å²) in [6.07, 6.45) is 5.98. The van der Waals surface area contributed by atoms with E-state index in [2.05, 4.69) is 53.3 Å². The Bertz CT molecular complexity index is 279. The van der Waals surface area contributed by atoms with Gasteiger partial charge in [0.05, 0.1) is 0 Å². The van der Waals surface area contributed by atoms with E-state index in [0.717, 1.165) is 12.8 Å². The van der Waals surface area contributed by atoms with Gasteiger partial charge in [-0.2, -0.15) is 0 Å². The van der Waals surface area contributed by atoms with Crippen molar-refractivity contribution in [2.45, 2.75) is 31.1 Å². The van der Waals surface area contributed by atoms with Gasteiger partial charge in [0.1, 0.15) is 0 Å². The molecule has 0 aromatic carbocycles. The van der Waals surface area contributed by atoms with Gasteiger partial charge in [0.25, 0.3) is 0 Å². The van der Waals surface area contributed by atoms with Crippen LogP contribution >= 0.6 is 21.6 Å². The zero-order valence-corrected chi connectivity index (χ0v) is 17.0. The summed E-state index contributed by atoms with van der Waals surface area (Å²) in [4.78, 5) is 19.4. The van der Waals surface area contributed by atoms with Crippen LogP contribution in [0.4, 0.5) is 0 Å². The van der Waals surface area contributed by atoms with E-state index >= 15 is 0 Å². The number of rotatable bonds is 8. The van der Waals surface area contributed by atoms with Gasteiger partial charge >= 0.3 is 122 Å². The van der Waals surface area contributed by atoms with E-state index in [4.69, 9.17) is 0 Å². The topological polar surface area (TPSA) is 40.5 Å². The summed E-state index contributed by atoms with van der Waals surface area (Å²) in [6, 6.07) is 0. The summed E-state index contributed by atoms with van der Waals surface area (Å²) in [7, 11) is -1.79. The van der Waals surface area contributed by atoms with Crippen molar-refractivity contribution < 1.29 is 9.79 Å². The second kappa shape index (κ2) is 6.14. The Kier molecular flexibility index (Phi) is 6.53. The first-order valence-corrected chi connectivity index (χ1v) is 16.8. The number of unbranched alkanes of at least 4 members (excludes halogenated alkanes) is 2. The van der Waals surface area contributed by atoms with Crippen molar-refractivity contribution in [3.05, 3.63) is 0 Å². The van der Waals surface area contributed by atoms with E-state index < -0.39 is 21.6 Å². The molecule has 0 saturated heterocycles. The molecule has 120 valence electrons. The second-order valence-electron chi connectivity index (χ2n) is 10.0. The minimum absolute atomic E-state index is 0.128. The first kappa shape index (κ1) is 20.2. The fourth-order valence-corrected chi connectivity index (χ4v) is 8.72. The molecule has 2 nitrogen and oxygen atoms in total. The Hall–Kier alpha value is 1.21. The van der Waals surface area contributed by atoms with Crippen LogP contribution in [0.3, 0.4) is 0 Å². The molecule has 0 bridgehead atoms. The van der Waals surface area contributed by atoms with Crippen LogP contribution in [-0.2, 0) is 0 Å². The molecule has 0 spiro atoms. The van der Waals surface area contributed by atoms with Gasteiger partial charge in [-0.05, 0) is 0 Å². The molecule has 2 N–H and O–H groups in total. The molecule has 0 rings (SSSR count). The van der Waals surface area contributed by atoms with Crippen molar-refractivity contribution in [3.63, 3.8) is 0 Å². The standard InChI is InChI=1S/C14H37O2P3/c1-18(2,3,4)13-11-9-10-12-14(17(15)16)19(5,6,7)8/h14-16H,9-13H2,1-8H3. The van der Waals surface area contributed by atoms with Gasteiger partial charge in [0.15, 0.2) is 0 Å². The van der Waals surface area contributed by atoms with Gasteiger partial charge in [-0.15, -0.1) is 0 Å². The van der Waals surface area contributed by atoms with E-state index in [0.29, 0.717) is 0 Å². The van der Waals surface area contributed by atoms with Crippen LogP contribution in [0.5, 0.6) is 0 Å². The average molecular weight is 330 g/mol. The SMILES string of the molecule is CP(C)(C)(C)CCCCCC(P(O)O)P(C)(C)(C)C. The van der Waals surface area contributed by atoms with Gasteiger partial charge in [-0.1, -0.05) is 0 Å². The van der Waals surface area contributed by atoms with E-state index in [1.54, 1.807) is 0 Å². The van der Waals surface area contributed by atoms with Crippen LogP contribution < -0.4 is 0 Å². The van der Waals surface area contributed by atoms with Gasteiger partial charge in [0.2, 0.25) is 0 Å². The van der Waals surface area contributed by atoms with Gasteiger partial charge in [-0.25, -0.2) is 0 Å². The molecule has 0 aromatic rings. The molecule has 0 aliphatic heterocycles. The van der Waals surface area contributed by atoms with E-state index in [-0.39, 0.29) is 5.40 Å². The summed E-state index contributed by atoms with van der Waals surface area (Å²) in [5, 5.41) is 0.128. The third kappa shape index (κ3) is 10.6. The van der Waals surface area contributed by atoms with E-state index in [1.165, 1.54) is 19.0 Å². The first-order valence-electron chi connectivity index (χ1n) is 7.22. The fourth-order valence-electron chi connectivity index (χ4n) is 2.29. The molecular weight excluding hydrogens is 293 g/mol. The third-order valence-corrected chi connectivity index (χ3v) is 12.4. The molecule has 0 radical (unpaired) electrons. The third-order valence-electron chi connectivity index (χ3n) is 3.47. The summed E-state index contributed by atoms with van der Waals surface area (Å²) in [5.41, 5.74) is 0. The van der Waals surface area contributed by atoms with Crippen molar-refractivity contribution >= 4 is 21.6 Å². The minimum atomic E-state index is -1.89. The zero-order chi connectivity index (χ0) is 15.6. The molecule has 1 unspecified atom stereocenters. The van der Waals surface area contributed by atoms with Crippen LogP contribution in [0.25, 0.3) is 0 Å². The molecule has 0 aliphatic carbocycles. The predicted molar refractivity (Wildman–Crippen MR) is 99.7 cm³/mol. The van der Waals surface area contributed by atoms with Crippen LogP contribution in [-0.4, -0.2) is 74.7 Å². The molecule has 0 aliphatic rings. The average Bonchev–Trinajstić information content (AvgIpc) is 2.03. The van der Waals surface area contributed by atoms with Crippen LogP contribution in [0.15, 0.2) is 0 Å². The molecule has 0 aromatic heterocycles. The summed E-state index contributed by atoms with van der Waals surface area (Å²) in [6.45, 7) is 15.5. The molecule has 0 fully saturated rings. The Balaban J connectivity index is 4.19. The quantitative estimate of drug-likeness (QED) is 0.514. The van der Waals surface area contributed by atoms with E-state index in [9.17, 15) is 9.79 Å². The second-order valence-corrected chi connectivity index (χ2v) is 28.1. The van der Waals surface area contributed by atoms with Gasteiger partial charge in [0, 0.05) is 0 Å². The van der Waals surface area contributed by atoms with Gasteiger partial charge in [-0.3, -0.25) is 0 Å². The molecule has 5 heteroatoms. The molecule has 19 heavy (non-hydrogen) atoms. The Morgan fingerprint density at radius 2 is 1.26 bits per heavy atom. The molecular formula is C14H37O2P3. The Morgan fingerprint density at radius 3 is 1.58 bits per heavy atom. The fraction of sp³-hybridized carbons (Fsp3) is 1.00. The summed E-state index contributed by atoms with van der Waals surface area (Å²) in [5.74, 6) is 0. The van der Waals surface area contributed by atoms with Crippen LogP contribution in [0.1, 0.15) is 25.7 Å². The maximum absolute atomic E-state index is 9.70. The van der Waals surface area contributed by atoms with Crippen LogP contribution in [0, 0.1) is 0 Å². The zero-order valence-electron chi connectivity index (χ0n) is 14.3. The summed E-state index contributed by atoms with van der Waals surface area (Å²) < 4.78 is 0. The predicted octanol–water partition coefficient (Wildman–Crippen LogP) is 4.31. The van der Waals surface area contributed by atoms with E-state index in [1.807, 2.05) is 0 Å².